The lowest BCUT2D eigenvalue weighted by atomic mass is 10.1. The molecule has 0 radical (unpaired) electrons. The number of nitrogens with zero attached hydrogens (tertiary/aromatic N) is 1. The number of hydrogen-bond donors (Lipinski definition) is 3. The molecule has 3 N–H and O–H groups in total. The highest BCUT2D eigenvalue weighted by Gasteiger charge is 2.16. The largest absolute Gasteiger partial charge is 0.361 e. The normalized spacial score (nSPS) is 13.5. The van der Waals surface area contributed by atoms with Crippen molar-refractivity contribution in [2.75, 3.05) is 0 Å². The van der Waals surface area contributed by atoms with Crippen LogP contribution in [0.4, 0.5) is 4.79 Å². The molecule has 1 heterocycles. The minimum Gasteiger partial charge on any atom is -0.361 e. The Hall–Kier alpha value is -2.05. The lowest BCUT2D eigenvalue weighted by molar-refractivity contribution is -0.121. The third-order valence-electron chi connectivity index (χ3n) is 3.39. The Morgan fingerprint density at radius 3 is 2.17 bits per heavy atom. The van der Waals surface area contributed by atoms with Gasteiger partial charge in [0.05, 0.1) is 5.69 Å². The molecule has 23 heavy (non-hydrogen) atoms. The van der Waals surface area contributed by atoms with Crippen molar-refractivity contribution in [2.24, 2.45) is 0 Å². The Morgan fingerprint density at radius 2 is 1.65 bits per heavy atom. The van der Waals surface area contributed by atoms with E-state index in [0.29, 0.717) is 6.42 Å². The van der Waals surface area contributed by atoms with Crippen LogP contribution in [0.15, 0.2) is 4.52 Å². The quantitative estimate of drug-likeness (QED) is 0.713. The van der Waals surface area contributed by atoms with E-state index in [9.17, 15) is 9.59 Å². The number of amides is 3. The molecule has 0 unspecified atom stereocenters. The molecule has 7 heteroatoms. The van der Waals surface area contributed by atoms with E-state index >= 15 is 0 Å². The van der Waals surface area contributed by atoms with Crippen molar-refractivity contribution in [3.63, 3.8) is 0 Å². The standard InChI is InChI=1S/C16H28N4O3/c1-9(2)17-15(21)8-11(4)19-16(22)18-10(3)7-14-12(5)20-23-13(14)6/h9-11H,7-8H2,1-6H3,(H,17,21)(H2,18,19,22)/t10-,11-/m0/s1. The monoisotopic (exact) mass is 324 g/mol. The maximum Gasteiger partial charge on any atom is 0.315 e. The number of nitrogens with one attached hydrogen (secondary N) is 3. The molecule has 0 aliphatic rings. The first-order chi connectivity index (χ1) is 10.7. The van der Waals surface area contributed by atoms with E-state index in [-0.39, 0.29) is 36.5 Å². The van der Waals surface area contributed by atoms with Crippen LogP contribution in [0.5, 0.6) is 0 Å². The van der Waals surface area contributed by atoms with E-state index in [1.165, 1.54) is 0 Å². The van der Waals surface area contributed by atoms with Crippen LogP contribution >= 0.6 is 0 Å². The molecule has 0 saturated carbocycles. The fraction of sp³-hybridized carbons (Fsp3) is 0.688. The van der Waals surface area contributed by atoms with E-state index in [4.69, 9.17) is 4.52 Å². The first-order valence-corrected chi connectivity index (χ1v) is 7.97. The molecule has 130 valence electrons. The summed E-state index contributed by atoms with van der Waals surface area (Å²) in [5, 5.41) is 12.3. The number of aryl methyl sites for hydroxylation is 2. The molecule has 7 nitrogen and oxygen atoms in total. The molecular weight excluding hydrogens is 296 g/mol. The molecule has 3 amide bonds. The van der Waals surface area contributed by atoms with Crippen molar-refractivity contribution in [3.8, 4) is 0 Å². The molecule has 1 aromatic rings. The zero-order valence-corrected chi connectivity index (χ0v) is 14.8. The van der Waals surface area contributed by atoms with Gasteiger partial charge in [0.2, 0.25) is 5.91 Å². The van der Waals surface area contributed by atoms with Crippen LogP contribution in [-0.4, -0.2) is 35.2 Å². The van der Waals surface area contributed by atoms with E-state index < -0.39 is 0 Å². The summed E-state index contributed by atoms with van der Waals surface area (Å²) in [5.41, 5.74) is 1.86. The van der Waals surface area contributed by atoms with Crippen LogP contribution in [0.1, 0.15) is 51.1 Å². The summed E-state index contributed by atoms with van der Waals surface area (Å²) in [7, 11) is 0. The van der Waals surface area contributed by atoms with Crippen LogP contribution in [-0.2, 0) is 11.2 Å². The summed E-state index contributed by atoms with van der Waals surface area (Å²) >= 11 is 0. The van der Waals surface area contributed by atoms with Crippen LogP contribution in [0, 0.1) is 13.8 Å². The SMILES string of the molecule is Cc1noc(C)c1C[C@H](C)NC(=O)N[C@@H](C)CC(=O)NC(C)C. The van der Waals surface area contributed by atoms with E-state index in [1.807, 2.05) is 34.6 Å². The molecule has 0 saturated heterocycles. The third-order valence-corrected chi connectivity index (χ3v) is 3.39. The first-order valence-electron chi connectivity index (χ1n) is 7.97. The van der Waals surface area contributed by atoms with Crippen LogP contribution in [0.3, 0.4) is 0 Å². The van der Waals surface area contributed by atoms with Gasteiger partial charge in [0, 0.05) is 30.1 Å². The summed E-state index contributed by atoms with van der Waals surface area (Å²) in [4.78, 5) is 23.6. The number of carbonyl (C=O) groups excluding carboxylic acids is 2. The van der Waals surface area contributed by atoms with Gasteiger partial charge in [-0.25, -0.2) is 4.79 Å². The van der Waals surface area contributed by atoms with Crippen molar-refractivity contribution in [1.29, 1.82) is 0 Å². The van der Waals surface area contributed by atoms with Crippen LogP contribution in [0.2, 0.25) is 0 Å². The molecule has 2 atom stereocenters. The number of hydrogen-bond acceptors (Lipinski definition) is 4. The summed E-state index contributed by atoms with van der Waals surface area (Å²) in [6, 6.07) is -0.490. The maximum absolute atomic E-state index is 12.0. The van der Waals surface area contributed by atoms with E-state index in [1.54, 1.807) is 6.92 Å². The molecule has 0 aliphatic heterocycles. The Bertz CT molecular complexity index is 520. The highest BCUT2D eigenvalue weighted by atomic mass is 16.5. The molecule has 0 spiro atoms. The predicted molar refractivity (Wildman–Crippen MR) is 88.2 cm³/mol. The van der Waals surface area contributed by atoms with Gasteiger partial charge in [-0.05, 0) is 48.0 Å². The fourth-order valence-corrected chi connectivity index (χ4v) is 2.35. The van der Waals surface area contributed by atoms with Gasteiger partial charge in [-0.1, -0.05) is 5.16 Å². The van der Waals surface area contributed by atoms with Gasteiger partial charge in [0.15, 0.2) is 0 Å². The average Bonchev–Trinajstić information content (AvgIpc) is 2.68. The minimum absolute atomic E-state index is 0.0662. The maximum atomic E-state index is 12.0. The Balaban J connectivity index is 2.39. The Morgan fingerprint density at radius 1 is 1.04 bits per heavy atom. The van der Waals surface area contributed by atoms with Crippen LogP contribution in [0.25, 0.3) is 0 Å². The van der Waals surface area contributed by atoms with Gasteiger partial charge in [0.25, 0.3) is 0 Å². The Kier molecular flexibility index (Phi) is 7.06. The predicted octanol–water partition coefficient (Wildman–Crippen LogP) is 1.82. The highest BCUT2D eigenvalue weighted by molar-refractivity contribution is 5.79. The topological polar surface area (TPSA) is 96.3 Å². The van der Waals surface area contributed by atoms with Crippen molar-refractivity contribution in [3.05, 3.63) is 17.0 Å². The van der Waals surface area contributed by atoms with Gasteiger partial charge in [-0.3, -0.25) is 4.79 Å². The smallest absolute Gasteiger partial charge is 0.315 e. The number of rotatable bonds is 7. The third kappa shape index (κ3) is 6.71. The van der Waals surface area contributed by atoms with E-state index in [0.717, 1.165) is 17.0 Å². The number of carbonyl (C=O) groups is 2. The molecular formula is C16H28N4O3. The van der Waals surface area contributed by atoms with Crippen molar-refractivity contribution >= 4 is 11.9 Å². The van der Waals surface area contributed by atoms with Gasteiger partial charge in [-0.2, -0.15) is 0 Å². The summed E-state index contributed by atoms with van der Waals surface area (Å²) < 4.78 is 5.12. The van der Waals surface area contributed by atoms with E-state index in [2.05, 4.69) is 21.1 Å². The minimum atomic E-state index is -0.283. The average molecular weight is 324 g/mol. The van der Waals surface area contributed by atoms with Gasteiger partial charge < -0.3 is 20.5 Å². The van der Waals surface area contributed by atoms with Crippen molar-refractivity contribution in [1.82, 2.24) is 21.1 Å². The summed E-state index contributed by atoms with van der Waals surface area (Å²) in [6.07, 6.45) is 0.903. The molecule has 0 fully saturated rings. The second kappa shape index (κ2) is 8.55. The summed E-state index contributed by atoms with van der Waals surface area (Å²) in [5.74, 6) is 0.701. The fourth-order valence-electron chi connectivity index (χ4n) is 2.35. The molecule has 1 rings (SSSR count). The van der Waals surface area contributed by atoms with Gasteiger partial charge >= 0.3 is 6.03 Å². The zero-order valence-electron chi connectivity index (χ0n) is 14.8. The lowest BCUT2D eigenvalue weighted by Gasteiger charge is -2.18. The Labute approximate surface area is 137 Å². The molecule has 1 aromatic heterocycles. The highest BCUT2D eigenvalue weighted by Crippen LogP contribution is 2.14. The second-order valence-electron chi connectivity index (χ2n) is 6.35. The lowest BCUT2D eigenvalue weighted by Crippen LogP contribution is -2.46. The van der Waals surface area contributed by atoms with Crippen molar-refractivity contribution < 1.29 is 14.1 Å². The number of urea groups is 1. The first kappa shape index (κ1) is 19.0. The molecule has 0 aromatic carbocycles. The number of aromatic nitrogens is 1. The summed E-state index contributed by atoms with van der Waals surface area (Å²) in [6.45, 7) is 11.3. The van der Waals surface area contributed by atoms with Gasteiger partial charge in [0.1, 0.15) is 5.76 Å². The second-order valence-corrected chi connectivity index (χ2v) is 6.35. The van der Waals surface area contributed by atoms with Crippen LogP contribution < -0.4 is 16.0 Å². The zero-order chi connectivity index (χ0) is 17.6. The molecule has 0 bridgehead atoms. The van der Waals surface area contributed by atoms with Gasteiger partial charge in [-0.15, -0.1) is 0 Å². The van der Waals surface area contributed by atoms with Crippen molar-refractivity contribution in [2.45, 2.75) is 72.5 Å². The molecule has 0 aliphatic carbocycles.